The Hall–Kier alpha value is -2.51. The van der Waals surface area contributed by atoms with Gasteiger partial charge in [-0.15, -0.1) is 0 Å². The maximum Gasteiger partial charge on any atom is 0.416 e. The van der Waals surface area contributed by atoms with E-state index in [2.05, 4.69) is 15.5 Å². The average Bonchev–Trinajstić information content (AvgIpc) is 2.84. The third-order valence-corrected chi connectivity index (χ3v) is 2.71. The van der Waals surface area contributed by atoms with Gasteiger partial charge in [0.05, 0.1) is 18.4 Å². The van der Waals surface area contributed by atoms with E-state index in [9.17, 15) is 18.0 Å². The minimum atomic E-state index is -4.51. The van der Waals surface area contributed by atoms with Crippen LogP contribution in [-0.2, 0) is 6.18 Å². The van der Waals surface area contributed by atoms with Crippen LogP contribution in [0.4, 0.5) is 18.9 Å². The first-order valence-corrected chi connectivity index (χ1v) is 5.90. The van der Waals surface area contributed by atoms with Gasteiger partial charge in [-0.2, -0.15) is 18.3 Å². The Balaban J connectivity index is 2.31. The van der Waals surface area contributed by atoms with Crippen LogP contribution in [0.15, 0.2) is 24.3 Å². The number of nitrogens with zero attached hydrogens (tertiary/aromatic N) is 1. The lowest BCUT2D eigenvalue weighted by atomic mass is 10.1. The quantitative estimate of drug-likeness (QED) is 0.915. The zero-order chi connectivity index (χ0) is 15.6. The molecule has 0 aliphatic rings. The zero-order valence-corrected chi connectivity index (χ0v) is 11.2. The maximum absolute atomic E-state index is 12.7. The fourth-order valence-electron chi connectivity index (χ4n) is 1.70. The highest BCUT2D eigenvalue weighted by Gasteiger charge is 2.31. The van der Waals surface area contributed by atoms with Crippen molar-refractivity contribution < 1.29 is 22.7 Å². The number of aromatic amines is 1. The van der Waals surface area contributed by atoms with Gasteiger partial charge in [0, 0.05) is 5.69 Å². The molecule has 1 aromatic heterocycles. The molecule has 2 aromatic rings. The number of amides is 1. The number of hydrogen-bond acceptors (Lipinski definition) is 3. The number of carbonyl (C=O) groups excluding carboxylic acids is 1. The van der Waals surface area contributed by atoms with E-state index < -0.39 is 17.6 Å². The highest BCUT2D eigenvalue weighted by Crippen LogP contribution is 2.35. The van der Waals surface area contributed by atoms with Crippen LogP contribution >= 0.6 is 0 Å². The number of aromatic nitrogens is 2. The molecule has 21 heavy (non-hydrogen) atoms. The molecule has 1 aromatic carbocycles. The van der Waals surface area contributed by atoms with Crippen LogP contribution in [0, 0.1) is 6.92 Å². The molecule has 0 atom stereocenters. The van der Waals surface area contributed by atoms with E-state index in [1.807, 2.05) is 0 Å². The van der Waals surface area contributed by atoms with E-state index in [-0.39, 0.29) is 17.1 Å². The van der Waals surface area contributed by atoms with Crippen molar-refractivity contribution in [3.05, 3.63) is 41.2 Å². The molecule has 0 saturated carbocycles. The smallest absolute Gasteiger partial charge is 0.416 e. The summed E-state index contributed by atoms with van der Waals surface area (Å²) < 4.78 is 43.0. The molecule has 0 aliphatic carbocycles. The summed E-state index contributed by atoms with van der Waals surface area (Å²) in [5.74, 6) is -0.499. The molecular weight excluding hydrogens is 287 g/mol. The van der Waals surface area contributed by atoms with Crippen molar-refractivity contribution in [3.63, 3.8) is 0 Å². The highest BCUT2D eigenvalue weighted by atomic mass is 19.4. The van der Waals surface area contributed by atoms with Crippen molar-refractivity contribution in [2.45, 2.75) is 13.1 Å². The van der Waals surface area contributed by atoms with Crippen LogP contribution in [0.25, 0.3) is 0 Å². The van der Waals surface area contributed by atoms with E-state index >= 15 is 0 Å². The second-order valence-corrected chi connectivity index (χ2v) is 4.30. The summed E-state index contributed by atoms with van der Waals surface area (Å²) in [7, 11) is 1.30. The number of hydrogen-bond donors (Lipinski definition) is 2. The van der Waals surface area contributed by atoms with Gasteiger partial charge in [0.25, 0.3) is 5.91 Å². The summed E-state index contributed by atoms with van der Waals surface area (Å²) in [6.07, 6.45) is -4.51. The van der Waals surface area contributed by atoms with Gasteiger partial charge < -0.3 is 10.1 Å². The van der Waals surface area contributed by atoms with Crippen molar-refractivity contribution in [3.8, 4) is 5.75 Å². The number of aryl methyl sites for hydroxylation is 1. The minimum Gasteiger partial charge on any atom is -0.495 e. The second-order valence-electron chi connectivity index (χ2n) is 4.30. The fourth-order valence-corrected chi connectivity index (χ4v) is 1.70. The van der Waals surface area contributed by atoms with E-state index in [0.29, 0.717) is 5.69 Å². The third kappa shape index (κ3) is 3.33. The van der Waals surface area contributed by atoms with Gasteiger partial charge in [0.1, 0.15) is 5.75 Å². The van der Waals surface area contributed by atoms with E-state index in [4.69, 9.17) is 4.74 Å². The molecule has 8 heteroatoms. The molecule has 2 N–H and O–H groups in total. The summed E-state index contributed by atoms with van der Waals surface area (Å²) in [6, 6.07) is 4.33. The van der Waals surface area contributed by atoms with Crippen LogP contribution < -0.4 is 10.1 Å². The first-order chi connectivity index (χ1) is 9.81. The molecular formula is C13H12F3N3O2. The summed E-state index contributed by atoms with van der Waals surface area (Å²) in [5, 5.41) is 8.67. The first kappa shape index (κ1) is 14.9. The molecule has 0 fully saturated rings. The number of nitrogens with one attached hydrogen (secondary N) is 2. The molecule has 1 heterocycles. The fraction of sp³-hybridized carbons (Fsp3) is 0.231. The standard InChI is InChI=1S/C13H12F3N3O2/c1-7-5-10(19-18-7)12(20)17-9-6-8(13(14,15)16)3-4-11(9)21-2/h3-6H,1-2H3,(H,17,20)(H,18,19). The SMILES string of the molecule is COc1ccc(C(F)(F)F)cc1NC(=O)c1cc(C)[nH]n1. The number of ether oxygens (including phenoxy) is 1. The Labute approximate surface area is 118 Å². The van der Waals surface area contributed by atoms with Gasteiger partial charge in [-0.1, -0.05) is 0 Å². The number of anilines is 1. The van der Waals surface area contributed by atoms with Crippen molar-refractivity contribution in [1.29, 1.82) is 0 Å². The normalized spacial score (nSPS) is 11.3. The third-order valence-electron chi connectivity index (χ3n) is 2.71. The van der Waals surface area contributed by atoms with Gasteiger partial charge in [0.2, 0.25) is 0 Å². The number of rotatable bonds is 3. The van der Waals surface area contributed by atoms with Gasteiger partial charge >= 0.3 is 6.18 Å². The summed E-state index contributed by atoms with van der Waals surface area (Å²) in [4.78, 5) is 11.9. The molecule has 112 valence electrons. The molecule has 0 unspecified atom stereocenters. The lowest BCUT2D eigenvalue weighted by molar-refractivity contribution is -0.137. The number of halogens is 3. The van der Waals surface area contributed by atoms with Gasteiger partial charge in [0.15, 0.2) is 5.69 Å². The lowest BCUT2D eigenvalue weighted by Crippen LogP contribution is -2.14. The average molecular weight is 299 g/mol. The minimum absolute atomic E-state index is 0.0713. The molecule has 0 saturated heterocycles. The summed E-state index contributed by atoms with van der Waals surface area (Å²) in [5.41, 5.74) is -0.210. The van der Waals surface area contributed by atoms with E-state index in [1.54, 1.807) is 6.92 Å². The zero-order valence-electron chi connectivity index (χ0n) is 11.2. The molecule has 1 amide bonds. The van der Waals surface area contributed by atoms with Crippen molar-refractivity contribution >= 4 is 11.6 Å². The van der Waals surface area contributed by atoms with Crippen molar-refractivity contribution in [1.82, 2.24) is 10.2 Å². The van der Waals surface area contributed by atoms with E-state index in [0.717, 1.165) is 18.2 Å². The molecule has 5 nitrogen and oxygen atoms in total. The highest BCUT2D eigenvalue weighted by molar-refractivity contribution is 6.03. The molecule has 0 bridgehead atoms. The monoisotopic (exact) mass is 299 g/mol. The Morgan fingerprint density at radius 2 is 2.05 bits per heavy atom. The van der Waals surface area contributed by atoms with Crippen LogP contribution in [-0.4, -0.2) is 23.2 Å². The lowest BCUT2D eigenvalue weighted by Gasteiger charge is -2.13. The van der Waals surface area contributed by atoms with Crippen LogP contribution in [0.2, 0.25) is 0 Å². The van der Waals surface area contributed by atoms with Crippen molar-refractivity contribution in [2.24, 2.45) is 0 Å². The number of alkyl halides is 3. The number of H-pyrrole nitrogens is 1. The number of methoxy groups -OCH3 is 1. The van der Waals surface area contributed by atoms with Gasteiger partial charge in [-0.05, 0) is 31.2 Å². The summed E-state index contributed by atoms with van der Waals surface area (Å²) in [6.45, 7) is 1.70. The van der Waals surface area contributed by atoms with Gasteiger partial charge in [-0.3, -0.25) is 9.89 Å². The number of carbonyl (C=O) groups is 1. The molecule has 0 aliphatic heterocycles. The largest absolute Gasteiger partial charge is 0.495 e. The predicted molar refractivity (Wildman–Crippen MR) is 69.3 cm³/mol. The molecule has 0 spiro atoms. The second kappa shape index (κ2) is 5.47. The molecule has 0 radical (unpaired) electrons. The first-order valence-electron chi connectivity index (χ1n) is 5.90. The summed E-state index contributed by atoms with van der Waals surface area (Å²) >= 11 is 0. The predicted octanol–water partition coefficient (Wildman–Crippen LogP) is 3.00. The number of benzene rings is 1. The Bertz CT molecular complexity index is 665. The Morgan fingerprint density at radius 1 is 1.33 bits per heavy atom. The van der Waals surface area contributed by atoms with Gasteiger partial charge in [-0.25, -0.2) is 0 Å². The van der Waals surface area contributed by atoms with Crippen LogP contribution in [0.1, 0.15) is 21.7 Å². The topological polar surface area (TPSA) is 67.0 Å². The van der Waals surface area contributed by atoms with Crippen LogP contribution in [0.5, 0.6) is 5.75 Å². The van der Waals surface area contributed by atoms with Crippen LogP contribution in [0.3, 0.4) is 0 Å². The van der Waals surface area contributed by atoms with E-state index in [1.165, 1.54) is 13.2 Å². The Kier molecular flexibility index (Phi) is 3.88. The Morgan fingerprint density at radius 3 is 2.57 bits per heavy atom. The van der Waals surface area contributed by atoms with Crippen molar-refractivity contribution in [2.75, 3.05) is 12.4 Å². The molecule has 2 rings (SSSR count). The maximum atomic E-state index is 12.7.